The maximum absolute atomic E-state index is 10.5. The third-order valence-electron chi connectivity index (χ3n) is 2.47. The van der Waals surface area contributed by atoms with Crippen LogP contribution in [0, 0.1) is 0 Å². The van der Waals surface area contributed by atoms with Crippen molar-refractivity contribution in [3.8, 4) is 0 Å². The van der Waals surface area contributed by atoms with Gasteiger partial charge in [-0.1, -0.05) is 30.3 Å². The molecule has 6 nitrogen and oxygen atoms in total. The predicted octanol–water partition coefficient (Wildman–Crippen LogP) is 0.438. The minimum Gasteiger partial charge on any atom is -0.368 e. The Balaban J connectivity index is 1.80. The number of nitrogens with two attached hydrogens (primary N) is 1. The van der Waals surface area contributed by atoms with Gasteiger partial charge >= 0.3 is 0 Å². The van der Waals surface area contributed by atoms with Crippen molar-refractivity contribution in [2.75, 3.05) is 6.61 Å². The molecule has 0 bridgehead atoms. The monoisotopic (exact) mass is 260 g/mol. The van der Waals surface area contributed by atoms with Crippen LogP contribution >= 0.6 is 0 Å². The first-order valence-corrected chi connectivity index (χ1v) is 5.92. The van der Waals surface area contributed by atoms with Crippen LogP contribution in [-0.4, -0.2) is 22.3 Å². The van der Waals surface area contributed by atoms with E-state index < -0.39 is 5.91 Å². The third kappa shape index (κ3) is 4.53. The number of carbonyl (C=O) groups is 1. The molecular weight excluding hydrogens is 244 g/mol. The van der Waals surface area contributed by atoms with E-state index >= 15 is 0 Å². The summed E-state index contributed by atoms with van der Waals surface area (Å²) in [6.07, 6.45) is 3.68. The lowest BCUT2D eigenvalue weighted by Gasteiger charge is -2.02. The minimum absolute atomic E-state index is 0.141. The number of carbonyl (C=O) groups excluding carboxylic acids is 1. The SMILES string of the molecule is NC(=O)CONCc1cnn(Cc2ccccc2)c1. The highest BCUT2D eigenvalue weighted by atomic mass is 16.6. The van der Waals surface area contributed by atoms with Crippen molar-refractivity contribution >= 4 is 5.91 Å². The number of amides is 1. The fourth-order valence-electron chi connectivity index (χ4n) is 1.61. The van der Waals surface area contributed by atoms with Gasteiger partial charge in [-0.25, -0.2) is 0 Å². The standard InChI is InChI=1S/C13H16N4O2/c14-13(18)10-19-16-7-12-6-15-17(9-12)8-11-4-2-1-3-5-11/h1-6,9,16H,7-8,10H2,(H2,14,18). The zero-order valence-corrected chi connectivity index (χ0v) is 10.5. The number of hydrogen-bond acceptors (Lipinski definition) is 4. The van der Waals surface area contributed by atoms with Gasteiger partial charge in [0.15, 0.2) is 0 Å². The Morgan fingerprint density at radius 3 is 2.84 bits per heavy atom. The summed E-state index contributed by atoms with van der Waals surface area (Å²) in [6, 6.07) is 10.1. The number of nitrogens with one attached hydrogen (secondary N) is 1. The second kappa shape index (κ2) is 6.67. The summed E-state index contributed by atoms with van der Waals surface area (Å²) in [5, 5.41) is 4.25. The van der Waals surface area contributed by atoms with Gasteiger partial charge in [-0.3, -0.25) is 14.3 Å². The van der Waals surface area contributed by atoms with Crippen molar-refractivity contribution in [2.45, 2.75) is 13.1 Å². The van der Waals surface area contributed by atoms with Gasteiger partial charge in [0.05, 0.1) is 12.7 Å². The van der Waals surface area contributed by atoms with E-state index in [9.17, 15) is 4.79 Å². The largest absolute Gasteiger partial charge is 0.368 e. The smallest absolute Gasteiger partial charge is 0.245 e. The zero-order chi connectivity index (χ0) is 13.5. The molecule has 0 aliphatic carbocycles. The fraction of sp³-hybridized carbons (Fsp3) is 0.231. The van der Waals surface area contributed by atoms with E-state index in [-0.39, 0.29) is 6.61 Å². The van der Waals surface area contributed by atoms with Crippen LogP contribution in [0.1, 0.15) is 11.1 Å². The number of nitrogens with zero attached hydrogens (tertiary/aromatic N) is 2. The maximum Gasteiger partial charge on any atom is 0.245 e. The normalized spacial score (nSPS) is 10.5. The summed E-state index contributed by atoms with van der Waals surface area (Å²) in [4.78, 5) is 15.3. The third-order valence-corrected chi connectivity index (χ3v) is 2.47. The van der Waals surface area contributed by atoms with E-state index in [4.69, 9.17) is 10.6 Å². The molecule has 1 aromatic heterocycles. The topological polar surface area (TPSA) is 82.2 Å². The molecule has 19 heavy (non-hydrogen) atoms. The van der Waals surface area contributed by atoms with Crippen molar-refractivity contribution in [1.82, 2.24) is 15.3 Å². The van der Waals surface area contributed by atoms with E-state index in [1.165, 1.54) is 5.56 Å². The summed E-state index contributed by atoms with van der Waals surface area (Å²) in [6.45, 7) is 1.06. The average molecular weight is 260 g/mol. The van der Waals surface area contributed by atoms with Crippen molar-refractivity contribution in [2.24, 2.45) is 5.73 Å². The Kier molecular flexibility index (Phi) is 4.66. The van der Waals surface area contributed by atoms with Gasteiger partial charge in [-0.2, -0.15) is 10.6 Å². The van der Waals surface area contributed by atoms with Crippen molar-refractivity contribution in [3.05, 3.63) is 53.9 Å². The maximum atomic E-state index is 10.5. The Hall–Kier alpha value is -2.18. The molecule has 100 valence electrons. The lowest BCUT2D eigenvalue weighted by Crippen LogP contribution is -2.24. The van der Waals surface area contributed by atoms with E-state index in [1.54, 1.807) is 6.20 Å². The van der Waals surface area contributed by atoms with E-state index in [2.05, 4.69) is 22.7 Å². The quantitative estimate of drug-likeness (QED) is 0.559. The van der Waals surface area contributed by atoms with Crippen LogP contribution in [0.4, 0.5) is 0 Å². The van der Waals surface area contributed by atoms with Gasteiger partial charge in [0.25, 0.3) is 0 Å². The molecule has 3 N–H and O–H groups in total. The van der Waals surface area contributed by atoms with Gasteiger partial charge in [0, 0.05) is 18.3 Å². The Bertz CT molecular complexity index is 524. The second-order valence-corrected chi connectivity index (χ2v) is 4.11. The number of rotatable bonds is 7. The molecule has 0 fully saturated rings. The predicted molar refractivity (Wildman–Crippen MR) is 69.8 cm³/mol. The van der Waals surface area contributed by atoms with Gasteiger partial charge in [0.1, 0.15) is 6.61 Å². The number of benzene rings is 1. The molecule has 1 heterocycles. The molecule has 0 aliphatic heterocycles. The van der Waals surface area contributed by atoms with E-state index in [1.807, 2.05) is 29.1 Å². The molecule has 6 heteroatoms. The summed E-state index contributed by atoms with van der Waals surface area (Å²) in [7, 11) is 0. The molecule has 2 rings (SSSR count). The van der Waals surface area contributed by atoms with Crippen molar-refractivity contribution in [3.63, 3.8) is 0 Å². The molecule has 0 spiro atoms. The van der Waals surface area contributed by atoms with Crippen molar-refractivity contribution in [1.29, 1.82) is 0 Å². The summed E-state index contributed by atoms with van der Waals surface area (Å²) in [5.41, 5.74) is 9.76. The van der Waals surface area contributed by atoms with Crippen LogP contribution in [0.25, 0.3) is 0 Å². The first-order chi connectivity index (χ1) is 9.24. The molecule has 0 saturated carbocycles. The fourth-order valence-corrected chi connectivity index (χ4v) is 1.61. The Morgan fingerprint density at radius 1 is 1.32 bits per heavy atom. The molecule has 0 aliphatic rings. The molecule has 0 atom stereocenters. The number of aromatic nitrogens is 2. The number of hydroxylamine groups is 1. The van der Waals surface area contributed by atoms with Gasteiger partial charge in [-0.05, 0) is 5.56 Å². The van der Waals surface area contributed by atoms with Crippen LogP contribution in [0.15, 0.2) is 42.7 Å². The first kappa shape index (κ1) is 13.3. The van der Waals surface area contributed by atoms with Crippen LogP contribution in [0.2, 0.25) is 0 Å². The van der Waals surface area contributed by atoms with E-state index in [0.717, 1.165) is 12.1 Å². The highest BCUT2D eigenvalue weighted by Gasteiger charge is 2.00. The van der Waals surface area contributed by atoms with Crippen LogP contribution in [0.3, 0.4) is 0 Å². The summed E-state index contributed by atoms with van der Waals surface area (Å²) >= 11 is 0. The van der Waals surface area contributed by atoms with Crippen LogP contribution < -0.4 is 11.2 Å². The van der Waals surface area contributed by atoms with Crippen LogP contribution in [-0.2, 0) is 22.7 Å². The van der Waals surface area contributed by atoms with Crippen molar-refractivity contribution < 1.29 is 9.63 Å². The molecule has 1 amide bonds. The number of hydrogen-bond donors (Lipinski definition) is 2. The zero-order valence-electron chi connectivity index (χ0n) is 10.5. The minimum atomic E-state index is -0.507. The molecule has 0 saturated heterocycles. The molecule has 2 aromatic rings. The molecule has 0 radical (unpaired) electrons. The van der Waals surface area contributed by atoms with E-state index in [0.29, 0.717) is 6.54 Å². The van der Waals surface area contributed by atoms with Gasteiger partial charge in [0.2, 0.25) is 5.91 Å². The van der Waals surface area contributed by atoms with Gasteiger partial charge in [-0.15, -0.1) is 0 Å². The lowest BCUT2D eigenvalue weighted by atomic mass is 10.2. The Labute approximate surface area is 111 Å². The van der Waals surface area contributed by atoms with Gasteiger partial charge < -0.3 is 5.73 Å². The Morgan fingerprint density at radius 2 is 2.11 bits per heavy atom. The van der Waals surface area contributed by atoms with Crippen LogP contribution in [0.5, 0.6) is 0 Å². The number of primary amides is 1. The summed E-state index contributed by atoms with van der Waals surface area (Å²) < 4.78 is 1.85. The highest BCUT2D eigenvalue weighted by Crippen LogP contribution is 2.03. The lowest BCUT2D eigenvalue weighted by molar-refractivity contribution is -0.125. The molecular formula is C13H16N4O2. The average Bonchev–Trinajstić information content (AvgIpc) is 2.83. The molecule has 1 aromatic carbocycles. The second-order valence-electron chi connectivity index (χ2n) is 4.11. The first-order valence-electron chi connectivity index (χ1n) is 5.92. The molecule has 0 unspecified atom stereocenters. The highest BCUT2D eigenvalue weighted by molar-refractivity contribution is 5.74. The summed E-state index contributed by atoms with van der Waals surface area (Å²) in [5.74, 6) is -0.507.